The van der Waals surface area contributed by atoms with Crippen molar-refractivity contribution in [2.75, 3.05) is 18.5 Å². The molecular weight excluding hydrogens is 314 g/mol. The fraction of sp³-hybridized carbons (Fsp3) is 0.381. The number of hydrogen-bond donors (Lipinski definition) is 1. The summed E-state index contributed by atoms with van der Waals surface area (Å²) in [5, 5.41) is 2.81. The van der Waals surface area contributed by atoms with Crippen LogP contribution in [0.25, 0.3) is 0 Å². The van der Waals surface area contributed by atoms with Crippen molar-refractivity contribution in [1.29, 1.82) is 0 Å². The molecule has 0 saturated heterocycles. The maximum absolute atomic E-state index is 11.9. The molecule has 0 atom stereocenters. The Hall–Kier alpha value is -2.49. The van der Waals surface area contributed by atoms with E-state index < -0.39 is 0 Å². The highest BCUT2D eigenvalue weighted by molar-refractivity contribution is 5.91. The molecule has 134 valence electrons. The van der Waals surface area contributed by atoms with Gasteiger partial charge >= 0.3 is 0 Å². The molecule has 2 aromatic carbocycles. The van der Waals surface area contributed by atoms with E-state index in [1.54, 1.807) is 0 Å². The molecule has 25 heavy (non-hydrogen) atoms. The number of para-hydroxylation sites is 1. The third-order valence-corrected chi connectivity index (χ3v) is 3.77. The van der Waals surface area contributed by atoms with E-state index >= 15 is 0 Å². The molecule has 1 N–H and O–H groups in total. The molecular formula is C21H27NO3. The minimum atomic E-state index is -0.187. The van der Waals surface area contributed by atoms with Crippen molar-refractivity contribution >= 4 is 11.6 Å². The van der Waals surface area contributed by atoms with Gasteiger partial charge in [0, 0.05) is 5.69 Å². The van der Waals surface area contributed by atoms with Crippen LogP contribution in [0.1, 0.15) is 39.0 Å². The molecule has 0 aliphatic rings. The second-order valence-corrected chi connectivity index (χ2v) is 5.94. The van der Waals surface area contributed by atoms with E-state index in [4.69, 9.17) is 9.47 Å². The lowest BCUT2D eigenvalue weighted by Gasteiger charge is -2.09. The Kier molecular flexibility index (Phi) is 8.39. The van der Waals surface area contributed by atoms with E-state index in [2.05, 4.69) is 12.2 Å². The Balaban J connectivity index is 1.66. The van der Waals surface area contributed by atoms with Crippen molar-refractivity contribution in [3.63, 3.8) is 0 Å². The first-order chi connectivity index (χ1) is 12.3. The van der Waals surface area contributed by atoms with Crippen molar-refractivity contribution in [1.82, 2.24) is 0 Å². The number of ether oxygens (including phenoxy) is 2. The molecule has 0 spiro atoms. The molecule has 0 aliphatic carbocycles. The summed E-state index contributed by atoms with van der Waals surface area (Å²) in [5.74, 6) is 1.32. The number of amides is 1. The maximum atomic E-state index is 11.9. The number of hydrogen-bond acceptors (Lipinski definition) is 3. The van der Waals surface area contributed by atoms with Gasteiger partial charge in [0.25, 0.3) is 5.91 Å². The number of nitrogens with one attached hydrogen (secondary N) is 1. The van der Waals surface area contributed by atoms with Gasteiger partial charge in [0.05, 0.1) is 6.61 Å². The number of rotatable bonds is 11. The Morgan fingerprint density at radius 2 is 1.52 bits per heavy atom. The summed E-state index contributed by atoms with van der Waals surface area (Å²) in [4.78, 5) is 11.9. The van der Waals surface area contributed by atoms with Gasteiger partial charge in [0.15, 0.2) is 6.61 Å². The van der Waals surface area contributed by atoms with Crippen molar-refractivity contribution in [2.45, 2.75) is 39.0 Å². The van der Waals surface area contributed by atoms with E-state index in [9.17, 15) is 4.79 Å². The summed E-state index contributed by atoms with van der Waals surface area (Å²) < 4.78 is 11.1. The first-order valence-corrected chi connectivity index (χ1v) is 8.98. The van der Waals surface area contributed by atoms with Gasteiger partial charge in [-0.1, -0.05) is 50.8 Å². The molecule has 0 aliphatic heterocycles. The van der Waals surface area contributed by atoms with Gasteiger partial charge < -0.3 is 14.8 Å². The van der Waals surface area contributed by atoms with Gasteiger partial charge in [0.1, 0.15) is 11.5 Å². The van der Waals surface area contributed by atoms with Crippen LogP contribution >= 0.6 is 0 Å². The Labute approximate surface area is 150 Å². The molecule has 1 amide bonds. The minimum Gasteiger partial charge on any atom is -0.494 e. The average molecular weight is 341 g/mol. The number of anilines is 1. The van der Waals surface area contributed by atoms with E-state index in [-0.39, 0.29) is 12.5 Å². The second-order valence-electron chi connectivity index (χ2n) is 5.94. The minimum absolute atomic E-state index is 0.0139. The molecule has 0 unspecified atom stereocenters. The summed E-state index contributed by atoms with van der Waals surface area (Å²) in [5.41, 5.74) is 0.733. The van der Waals surface area contributed by atoms with Crippen molar-refractivity contribution in [2.24, 2.45) is 0 Å². The van der Waals surface area contributed by atoms with Crippen LogP contribution in [0.5, 0.6) is 11.5 Å². The smallest absolute Gasteiger partial charge is 0.262 e. The summed E-state index contributed by atoms with van der Waals surface area (Å²) in [7, 11) is 0. The van der Waals surface area contributed by atoms with Crippen LogP contribution in [-0.2, 0) is 4.79 Å². The van der Waals surface area contributed by atoms with Crippen LogP contribution in [-0.4, -0.2) is 19.1 Å². The van der Waals surface area contributed by atoms with Gasteiger partial charge in [-0.25, -0.2) is 0 Å². The van der Waals surface area contributed by atoms with Crippen LogP contribution in [0.4, 0.5) is 5.69 Å². The zero-order chi connectivity index (χ0) is 17.7. The number of carbonyl (C=O) groups is 1. The lowest BCUT2D eigenvalue weighted by molar-refractivity contribution is -0.118. The molecule has 0 saturated carbocycles. The number of benzene rings is 2. The van der Waals surface area contributed by atoms with Crippen LogP contribution in [0.15, 0.2) is 54.6 Å². The van der Waals surface area contributed by atoms with E-state index in [1.807, 2.05) is 54.6 Å². The predicted molar refractivity (Wildman–Crippen MR) is 101 cm³/mol. The lowest BCUT2D eigenvalue weighted by Crippen LogP contribution is -2.20. The summed E-state index contributed by atoms with van der Waals surface area (Å²) >= 11 is 0. The molecule has 4 nitrogen and oxygen atoms in total. The molecule has 2 aromatic rings. The van der Waals surface area contributed by atoms with Crippen molar-refractivity contribution < 1.29 is 14.3 Å². The first-order valence-electron chi connectivity index (χ1n) is 8.98. The quantitative estimate of drug-likeness (QED) is 0.582. The summed E-state index contributed by atoms with van der Waals surface area (Å²) in [6.07, 6.45) is 6.11. The Morgan fingerprint density at radius 1 is 0.840 bits per heavy atom. The molecule has 0 fully saturated rings. The third-order valence-electron chi connectivity index (χ3n) is 3.77. The molecule has 0 radical (unpaired) electrons. The molecule has 0 bridgehead atoms. The van der Waals surface area contributed by atoms with Crippen LogP contribution in [0, 0.1) is 0 Å². The number of carbonyl (C=O) groups excluding carboxylic acids is 1. The van der Waals surface area contributed by atoms with E-state index in [0.29, 0.717) is 5.75 Å². The van der Waals surface area contributed by atoms with Crippen LogP contribution in [0.2, 0.25) is 0 Å². The Morgan fingerprint density at radius 3 is 2.24 bits per heavy atom. The fourth-order valence-corrected chi connectivity index (χ4v) is 2.39. The first kappa shape index (κ1) is 18.8. The monoisotopic (exact) mass is 341 g/mol. The zero-order valence-corrected chi connectivity index (χ0v) is 14.9. The second kappa shape index (κ2) is 11.1. The van der Waals surface area contributed by atoms with Gasteiger partial charge in [-0.3, -0.25) is 4.79 Å². The van der Waals surface area contributed by atoms with Crippen LogP contribution < -0.4 is 14.8 Å². The Bertz CT molecular complexity index is 611. The maximum Gasteiger partial charge on any atom is 0.262 e. The molecule has 4 heteroatoms. The van der Waals surface area contributed by atoms with Gasteiger partial charge in [-0.2, -0.15) is 0 Å². The van der Waals surface area contributed by atoms with Crippen LogP contribution in [0.3, 0.4) is 0 Å². The van der Waals surface area contributed by atoms with Gasteiger partial charge in [-0.15, -0.1) is 0 Å². The zero-order valence-electron chi connectivity index (χ0n) is 14.9. The van der Waals surface area contributed by atoms with Gasteiger partial charge in [0.2, 0.25) is 0 Å². The van der Waals surface area contributed by atoms with Gasteiger partial charge in [-0.05, 0) is 42.8 Å². The normalized spacial score (nSPS) is 10.3. The molecule has 2 rings (SSSR count). The van der Waals surface area contributed by atoms with E-state index in [0.717, 1.165) is 24.5 Å². The highest BCUT2D eigenvalue weighted by Crippen LogP contribution is 2.16. The predicted octanol–water partition coefficient (Wildman–Crippen LogP) is 5.05. The fourth-order valence-electron chi connectivity index (χ4n) is 2.39. The summed E-state index contributed by atoms with van der Waals surface area (Å²) in [6, 6.07) is 16.7. The lowest BCUT2D eigenvalue weighted by atomic mass is 10.2. The van der Waals surface area contributed by atoms with E-state index in [1.165, 1.54) is 25.7 Å². The molecule has 0 aromatic heterocycles. The topological polar surface area (TPSA) is 47.6 Å². The molecule has 0 heterocycles. The third kappa shape index (κ3) is 7.75. The highest BCUT2D eigenvalue weighted by atomic mass is 16.5. The highest BCUT2D eigenvalue weighted by Gasteiger charge is 2.04. The number of unbranched alkanes of at least 4 members (excludes halogenated alkanes) is 4. The SMILES string of the molecule is CCCCCCCOc1ccc(NC(=O)COc2ccccc2)cc1. The standard InChI is InChI=1S/C21H27NO3/c1-2-3-4-5-9-16-24-20-14-12-18(13-15-20)22-21(23)17-25-19-10-7-6-8-11-19/h6-8,10-15H,2-5,9,16-17H2,1H3,(H,22,23). The largest absolute Gasteiger partial charge is 0.494 e. The summed E-state index contributed by atoms with van der Waals surface area (Å²) in [6.45, 7) is 2.94. The average Bonchev–Trinajstić information content (AvgIpc) is 2.65. The van der Waals surface area contributed by atoms with Crippen molar-refractivity contribution in [3.8, 4) is 11.5 Å². The van der Waals surface area contributed by atoms with Crippen molar-refractivity contribution in [3.05, 3.63) is 54.6 Å².